The third-order valence-corrected chi connectivity index (χ3v) is 3.65. The second-order valence-electron chi connectivity index (χ2n) is 4.63. The minimum atomic E-state index is -0.380. The first kappa shape index (κ1) is 14.9. The molecule has 0 saturated heterocycles. The lowest BCUT2D eigenvalue weighted by Gasteiger charge is -2.30. The maximum absolute atomic E-state index is 12.5. The molecule has 0 spiro atoms. The van der Waals surface area contributed by atoms with Crippen LogP contribution < -0.4 is 0 Å². The standard InChI is InChI=1S/C16H24O2/c1-4-12-18-13-15(17)16(5-2,6-3)14-10-8-7-9-11-14/h7-11H,4-6,12-13H2,1-3H3. The molecule has 0 radical (unpaired) electrons. The van der Waals surface area contributed by atoms with Gasteiger partial charge in [0.2, 0.25) is 0 Å². The molecule has 0 amide bonds. The normalized spacial score (nSPS) is 11.5. The maximum Gasteiger partial charge on any atom is 0.168 e. The molecule has 0 fully saturated rings. The molecule has 1 rings (SSSR count). The molecule has 0 atom stereocenters. The molecule has 0 unspecified atom stereocenters. The fourth-order valence-electron chi connectivity index (χ4n) is 2.42. The summed E-state index contributed by atoms with van der Waals surface area (Å²) < 4.78 is 5.43. The van der Waals surface area contributed by atoms with Crippen molar-refractivity contribution in [3.8, 4) is 0 Å². The van der Waals surface area contributed by atoms with Gasteiger partial charge in [-0.05, 0) is 24.8 Å². The molecular formula is C16H24O2. The lowest BCUT2D eigenvalue weighted by molar-refractivity contribution is -0.129. The molecule has 100 valence electrons. The first-order valence-corrected chi connectivity index (χ1v) is 6.87. The van der Waals surface area contributed by atoms with Crippen LogP contribution in [0.4, 0.5) is 0 Å². The predicted molar refractivity (Wildman–Crippen MR) is 74.8 cm³/mol. The number of ketones is 1. The number of carbonyl (C=O) groups is 1. The van der Waals surface area contributed by atoms with Crippen LogP contribution in [0.5, 0.6) is 0 Å². The Morgan fingerprint density at radius 3 is 2.22 bits per heavy atom. The van der Waals surface area contributed by atoms with Gasteiger partial charge in [-0.25, -0.2) is 0 Å². The Hall–Kier alpha value is -1.15. The summed E-state index contributed by atoms with van der Waals surface area (Å²) in [6.07, 6.45) is 2.59. The van der Waals surface area contributed by atoms with E-state index in [2.05, 4.69) is 20.8 Å². The molecule has 0 heterocycles. The summed E-state index contributed by atoms with van der Waals surface area (Å²) in [6, 6.07) is 10.1. The van der Waals surface area contributed by atoms with Crippen molar-refractivity contribution >= 4 is 5.78 Å². The minimum absolute atomic E-state index is 0.201. The third kappa shape index (κ3) is 3.20. The van der Waals surface area contributed by atoms with Crippen LogP contribution in [0, 0.1) is 0 Å². The average molecular weight is 248 g/mol. The van der Waals surface area contributed by atoms with E-state index >= 15 is 0 Å². The van der Waals surface area contributed by atoms with Gasteiger partial charge in [0.05, 0.1) is 5.41 Å². The smallest absolute Gasteiger partial charge is 0.168 e. The zero-order chi connectivity index (χ0) is 13.4. The van der Waals surface area contributed by atoms with E-state index in [4.69, 9.17) is 4.74 Å². The number of benzene rings is 1. The van der Waals surface area contributed by atoms with Crippen molar-refractivity contribution in [2.45, 2.75) is 45.4 Å². The second kappa shape index (κ2) is 7.32. The third-order valence-electron chi connectivity index (χ3n) is 3.65. The van der Waals surface area contributed by atoms with Gasteiger partial charge in [0, 0.05) is 6.61 Å². The van der Waals surface area contributed by atoms with Crippen LogP contribution in [0.15, 0.2) is 30.3 Å². The van der Waals surface area contributed by atoms with Gasteiger partial charge in [-0.1, -0.05) is 51.1 Å². The predicted octanol–water partition coefficient (Wildman–Crippen LogP) is 3.74. The van der Waals surface area contributed by atoms with Gasteiger partial charge in [0.1, 0.15) is 6.61 Å². The van der Waals surface area contributed by atoms with Crippen LogP contribution in [-0.4, -0.2) is 19.0 Å². The SMILES string of the molecule is CCCOCC(=O)C(CC)(CC)c1ccccc1. The molecule has 0 aliphatic rings. The van der Waals surface area contributed by atoms with Gasteiger partial charge in [-0.15, -0.1) is 0 Å². The van der Waals surface area contributed by atoms with Crippen LogP contribution in [0.2, 0.25) is 0 Å². The molecule has 0 aliphatic carbocycles. The summed E-state index contributed by atoms with van der Waals surface area (Å²) in [5, 5.41) is 0. The summed E-state index contributed by atoms with van der Waals surface area (Å²) in [4.78, 5) is 12.5. The van der Waals surface area contributed by atoms with E-state index in [1.165, 1.54) is 0 Å². The van der Waals surface area contributed by atoms with Gasteiger partial charge in [0.15, 0.2) is 5.78 Å². The second-order valence-corrected chi connectivity index (χ2v) is 4.63. The molecule has 0 aliphatic heterocycles. The van der Waals surface area contributed by atoms with E-state index in [0.29, 0.717) is 6.61 Å². The minimum Gasteiger partial charge on any atom is -0.374 e. The molecule has 0 aromatic heterocycles. The first-order valence-electron chi connectivity index (χ1n) is 6.87. The van der Waals surface area contributed by atoms with E-state index in [-0.39, 0.29) is 17.8 Å². The van der Waals surface area contributed by atoms with E-state index in [9.17, 15) is 4.79 Å². The van der Waals surface area contributed by atoms with Crippen molar-refractivity contribution < 1.29 is 9.53 Å². The largest absolute Gasteiger partial charge is 0.374 e. The quantitative estimate of drug-likeness (QED) is 0.655. The van der Waals surface area contributed by atoms with Gasteiger partial charge in [-0.3, -0.25) is 4.79 Å². The summed E-state index contributed by atoms with van der Waals surface area (Å²) in [5.41, 5.74) is 0.731. The van der Waals surface area contributed by atoms with Gasteiger partial charge >= 0.3 is 0 Å². The topological polar surface area (TPSA) is 26.3 Å². The lowest BCUT2D eigenvalue weighted by atomic mass is 9.72. The molecule has 1 aromatic carbocycles. The Morgan fingerprint density at radius 2 is 1.72 bits per heavy atom. The number of hydrogen-bond acceptors (Lipinski definition) is 2. The summed E-state index contributed by atoms with van der Waals surface area (Å²) >= 11 is 0. The molecule has 0 saturated carbocycles. The van der Waals surface area contributed by atoms with E-state index in [1.807, 2.05) is 30.3 Å². The molecule has 2 nitrogen and oxygen atoms in total. The highest BCUT2D eigenvalue weighted by Gasteiger charge is 2.35. The number of Topliss-reactive ketones (excluding diaryl/α,β-unsaturated/α-hetero) is 1. The van der Waals surface area contributed by atoms with Crippen molar-refractivity contribution in [3.05, 3.63) is 35.9 Å². The van der Waals surface area contributed by atoms with Crippen LogP contribution >= 0.6 is 0 Å². The van der Waals surface area contributed by atoms with E-state index in [0.717, 1.165) is 24.8 Å². The Balaban J connectivity index is 2.90. The first-order chi connectivity index (χ1) is 8.71. The number of rotatable bonds is 8. The van der Waals surface area contributed by atoms with Crippen LogP contribution in [-0.2, 0) is 14.9 Å². The molecule has 1 aromatic rings. The zero-order valence-electron chi connectivity index (χ0n) is 11.7. The molecule has 0 bridgehead atoms. The Kier molecular flexibility index (Phi) is 6.06. The zero-order valence-corrected chi connectivity index (χ0v) is 11.7. The Bertz CT molecular complexity index is 353. The van der Waals surface area contributed by atoms with Crippen molar-refractivity contribution in [2.24, 2.45) is 0 Å². The fraction of sp³-hybridized carbons (Fsp3) is 0.562. The lowest BCUT2D eigenvalue weighted by Crippen LogP contribution is -2.37. The van der Waals surface area contributed by atoms with Gasteiger partial charge in [0.25, 0.3) is 0 Å². The van der Waals surface area contributed by atoms with Crippen molar-refractivity contribution in [1.29, 1.82) is 0 Å². The van der Waals surface area contributed by atoms with Gasteiger partial charge in [-0.2, -0.15) is 0 Å². The summed E-state index contributed by atoms with van der Waals surface area (Å²) in [7, 11) is 0. The van der Waals surface area contributed by atoms with Crippen LogP contribution in [0.1, 0.15) is 45.6 Å². The van der Waals surface area contributed by atoms with E-state index in [1.54, 1.807) is 0 Å². The highest BCUT2D eigenvalue weighted by molar-refractivity contribution is 5.91. The highest BCUT2D eigenvalue weighted by atomic mass is 16.5. The number of carbonyl (C=O) groups excluding carboxylic acids is 1. The maximum atomic E-state index is 12.5. The highest BCUT2D eigenvalue weighted by Crippen LogP contribution is 2.32. The number of hydrogen-bond donors (Lipinski definition) is 0. The van der Waals surface area contributed by atoms with Crippen LogP contribution in [0.25, 0.3) is 0 Å². The molecular weight excluding hydrogens is 224 g/mol. The summed E-state index contributed by atoms with van der Waals surface area (Å²) in [5.74, 6) is 0.201. The van der Waals surface area contributed by atoms with Crippen LogP contribution in [0.3, 0.4) is 0 Å². The fourth-order valence-corrected chi connectivity index (χ4v) is 2.42. The molecule has 2 heteroatoms. The van der Waals surface area contributed by atoms with E-state index < -0.39 is 0 Å². The van der Waals surface area contributed by atoms with Crippen molar-refractivity contribution in [1.82, 2.24) is 0 Å². The van der Waals surface area contributed by atoms with Crippen molar-refractivity contribution in [2.75, 3.05) is 13.2 Å². The monoisotopic (exact) mass is 248 g/mol. The molecule has 0 N–H and O–H groups in total. The number of ether oxygens (including phenoxy) is 1. The Morgan fingerprint density at radius 1 is 1.11 bits per heavy atom. The van der Waals surface area contributed by atoms with Gasteiger partial charge < -0.3 is 4.74 Å². The Labute approximate surface area is 110 Å². The average Bonchev–Trinajstić information content (AvgIpc) is 2.42. The molecule has 18 heavy (non-hydrogen) atoms. The van der Waals surface area contributed by atoms with Crippen molar-refractivity contribution in [3.63, 3.8) is 0 Å². The summed E-state index contributed by atoms with van der Waals surface area (Å²) in [6.45, 7) is 7.09.